The molecule has 0 amide bonds. The molecule has 1 heterocycles. The molecule has 6 heteroatoms. The van der Waals surface area contributed by atoms with Gasteiger partial charge in [0.05, 0.1) is 18.4 Å². The second kappa shape index (κ2) is 5.97. The van der Waals surface area contributed by atoms with Crippen LogP contribution in [-0.4, -0.2) is 16.3 Å². The Kier molecular flexibility index (Phi) is 4.31. The number of nitrogens with zero attached hydrogens (tertiary/aromatic N) is 2. The first-order chi connectivity index (χ1) is 9.08. The van der Waals surface area contributed by atoms with Gasteiger partial charge in [-0.25, -0.2) is 9.07 Å². The smallest absolute Gasteiger partial charge is 0.269 e. The van der Waals surface area contributed by atoms with Crippen molar-refractivity contribution in [3.05, 3.63) is 56.7 Å². The molecule has 1 N–H and O–H groups in total. The number of halogens is 2. The molecule has 0 saturated carbocycles. The predicted molar refractivity (Wildman–Crippen MR) is 75.9 cm³/mol. The molecular formula is C13H13BrFN3O. The molecular weight excluding hydrogens is 313 g/mol. The van der Waals surface area contributed by atoms with Crippen molar-refractivity contribution in [2.75, 3.05) is 11.9 Å². The van der Waals surface area contributed by atoms with E-state index in [-0.39, 0.29) is 17.9 Å². The fourth-order valence-electron chi connectivity index (χ4n) is 1.73. The van der Waals surface area contributed by atoms with Crippen molar-refractivity contribution in [3.63, 3.8) is 0 Å². The summed E-state index contributed by atoms with van der Waals surface area (Å²) in [6.07, 6.45) is 1.58. The van der Waals surface area contributed by atoms with E-state index in [1.54, 1.807) is 12.3 Å². The van der Waals surface area contributed by atoms with Gasteiger partial charge >= 0.3 is 0 Å². The summed E-state index contributed by atoms with van der Waals surface area (Å²) in [5.41, 5.74) is 1.14. The van der Waals surface area contributed by atoms with Gasteiger partial charge in [0.25, 0.3) is 5.56 Å². The molecule has 2 rings (SSSR count). The van der Waals surface area contributed by atoms with Crippen molar-refractivity contribution in [2.45, 2.75) is 13.5 Å². The van der Waals surface area contributed by atoms with E-state index < -0.39 is 0 Å². The molecule has 0 radical (unpaired) electrons. The minimum absolute atomic E-state index is 0.223. The molecule has 0 fully saturated rings. The van der Waals surface area contributed by atoms with Crippen LogP contribution in [-0.2, 0) is 6.54 Å². The topological polar surface area (TPSA) is 46.9 Å². The number of rotatable bonds is 4. The summed E-state index contributed by atoms with van der Waals surface area (Å²) in [4.78, 5) is 11.8. The number of aromatic nitrogens is 2. The third-order valence-electron chi connectivity index (χ3n) is 2.51. The normalized spacial score (nSPS) is 10.5. The summed E-state index contributed by atoms with van der Waals surface area (Å²) in [6.45, 7) is 2.90. The highest BCUT2D eigenvalue weighted by molar-refractivity contribution is 9.10. The molecule has 0 aliphatic carbocycles. The number of benzene rings is 1. The summed E-state index contributed by atoms with van der Waals surface area (Å²) in [6, 6.07) is 5.99. The van der Waals surface area contributed by atoms with Crippen LogP contribution in [0.5, 0.6) is 0 Å². The van der Waals surface area contributed by atoms with Gasteiger partial charge in [0.15, 0.2) is 0 Å². The van der Waals surface area contributed by atoms with E-state index in [0.717, 1.165) is 6.54 Å². The van der Waals surface area contributed by atoms with Crippen LogP contribution in [0.15, 0.2) is 39.7 Å². The molecule has 1 aromatic carbocycles. The summed E-state index contributed by atoms with van der Waals surface area (Å²) in [5, 5.41) is 7.07. The Hall–Kier alpha value is -1.69. The van der Waals surface area contributed by atoms with Crippen molar-refractivity contribution in [1.82, 2.24) is 9.78 Å². The van der Waals surface area contributed by atoms with E-state index in [0.29, 0.717) is 15.7 Å². The third-order valence-corrected chi connectivity index (χ3v) is 2.96. The Morgan fingerprint density at radius 1 is 1.37 bits per heavy atom. The van der Waals surface area contributed by atoms with Gasteiger partial charge < -0.3 is 5.32 Å². The predicted octanol–water partition coefficient (Wildman–Crippen LogP) is 2.63. The van der Waals surface area contributed by atoms with E-state index >= 15 is 0 Å². The minimum Gasteiger partial charge on any atom is -0.384 e. The van der Waals surface area contributed by atoms with Crippen LogP contribution in [0.3, 0.4) is 0 Å². The summed E-state index contributed by atoms with van der Waals surface area (Å²) in [7, 11) is 0. The number of nitrogens with one attached hydrogen (secondary N) is 1. The van der Waals surface area contributed by atoms with Gasteiger partial charge in [0, 0.05) is 17.1 Å². The van der Waals surface area contributed by atoms with Gasteiger partial charge in [0.1, 0.15) is 5.82 Å². The van der Waals surface area contributed by atoms with Crippen LogP contribution in [0.25, 0.3) is 0 Å². The van der Waals surface area contributed by atoms with Gasteiger partial charge in [-0.05, 0) is 30.7 Å². The zero-order valence-corrected chi connectivity index (χ0v) is 11.9. The van der Waals surface area contributed by atoms with Crippen LogP contribution in [0.2, 0.25) is 0 Å². The van der Waals surface area contributed by atoms with Crippen molar-refractivity contribution in [2.24, 2.45) is 0 Å². The molecule has 4 nitrogen and oxygen atoms in total. The monoisotopic (exact) mass is 325 g/mol. The lowest BCUT2D eigenvalue weighted by Crippen LogP contribution is -2.23. The molecule has 0 bridgehead atoms. The minimum atomic E-state index is -0.346. The zero-order valence-electron chi connectivity index (χ0n) is 10.4. The van der Waals surface area contributed by atoms with E-state index in [1.807, 2.05) is 6.92 Å². The highest BCUT2D eigenvalue weighted by atomic mass is 79.9. The standard InChI is InChI=1S/C13H13BrFN3O/c1-2-16-12-6-13(19)18(17-7-12)8-9-3-10(14)5-11(15)4-9/h3-7,16H,2,8H2,1H3. The summed E-state index contributed by atoms with van der Waals surface area (Å²) < 4.78 is 15.2. The molecule has 0 spiro atoms. The summed E-state index contributed by atoms with van der Waals surface area (Å²) >= 11 is 3.22. The Morgan fingerprint density at radius 2 is 2.16 bits per heavy atom. The van der Waals surface area contributed by atoms with Gasteiger partial charge in [0.2, 0.25) is 0 Å². The largest absolute Gasteiger partial charge is 0.384 e. The fraction of sp³-hybridized carbons (Fsp3) is 0.231. The molecule has 100 valence electrons. The molecule has 19 heavy (non-hydrogen) atoms. The molecule has 0 unspecified atom stereocenters. The third kappa shape index (κ3) is 3.64. The van der Waals surface area contributed by atoms with E-state index in [1.165, 1.54) is 22.9 Å². The van der Waals surface area contributed by atoms with Gasteiger partial charge in [-0.15, -0.1) is 0 Å². The van der Waals surface area contributed by atoms with Gasteiger partial charge in [-0.1, -0.05) is 15.9 Å². The van der Waals surface area contributed by atoms with Crippen LogP contribution < -0.4 is 10.9 Å². The fourth-order valence-corrected chi connectivity index (χ4v) is 2.24. The maximum Gasteiger partial charge on any atom is 0.269 e. The highest BCUT2D eigenvalue weighted by Crippen LogP contribution is 2.15. The summed E-state index contributed by atoms with van der Waals surface area (Å²) in [5.74, 6) is -0.346. The van der Waals surface area contributed by atoms with Crippen molar-refractivity contribution < 1.29 is 4.39 Å². The maximum absolute atomic E-state index is 13.2. The highest BCUT2D eigenvalue weighted by Gasteiger charge is 2.03. The lowest BCUT2D eigenvalue weighted by Gasteiger charge is -2.07. The Labute approximate surface area is 118 Å². The van der Waals surface area contributed by atoms with Crippen molar-refractivity contribution >= 4 is 21.6 Å². The number of hydrogen-bond donors (Lipinski definition) is 1. The lowest BCUT2D eigenvalue weighted by atomic mass is 10.2. The first kappa shape index (κ1) is 13.7. The quantitative estimate of drug-likeness (QED) is 0.940. The Bertz CT molecular complexity index is 622. The lowest BCUT2D eigenvalue weighted by molar-refractivity contribution is 0.610. The van der Waals surface area contributed by atoms with Crippen LogP contribution in [0.1, 0.15) is 12.5 Å². The van der Waals surface area contributed by atoms with Gasteiger partial charge in [-0.3, -0.25) is 4.79 Å². The van der Waals surface area contributed by atoms with Crippen LogP contribution in [0.4, 0.5) is 10.1 Å². The maximum atomic E-state index is 13.2. The second-order valence-electron chi connectivity index (χ2n) is 4.05. The molecule has 2 aromatic rings. The van der Waals surface area contributed by atoms with Crippen molar-refractivity contribution in [3.8, 4) is 0 Å². The average molecular weight is 326 g/mol. The van der Waals surface area contributed by atoms with E-state index in [4.69, 9.17) is 0 Å². The molecule has 0 saturated heterocycles. The molecule has 0 aliphatic heterocycles. The molecule has 0 aliphatic rings. The Morgan fingerprint density at radius 3 is 2.79 bits per heavy atom. The number of hydrogen-bond acceptors (Lipinski definition) is 3. The Balaban J connectivity index is 2.26. The van der Waals surface area contributed by atoms with Gasteiger partial charge in [-0.2, -0.15) is 5.10 Å². The molecule has 0 atom stereocenters. The van der Waals surface area contributed by atoms with E-state index in [9.17, 15) is 9.18 Å². The average Bonchev–Trinajstić information content (AvgIpc) is 2.32. The molecule has 1 aromatic heterocycles. The number of anilines is 1. The van der Waals surface area contributed by atoms with Crippen LogP contribution in [0, 0.1) is 5.82 Å². The van der Waals surface area contributed by atoms with Crippen LogP contribution >= 0.6 is 15.9 Å². The first-order valence-electron chi connectivity index (χ1n) is 5.84. The second-order valence-corrected chi connectivity index (χ2v) is 4.96. The van der Waals surface area contributed by atoms with Crippen molar-refractivity contribution in [1.29, 1.82) is 0 Å². The van der Waals surface area contributed by atoms with E-state index in [2.05, 4.69) is 26.3 Å². The first-order valence-corrected chi connectivity index (χ1v) is 6.64. The SMILES string of the molecule is CCNc1cnn(Cc2cc(F)cc(Br)c2)c(=O)c1. The zero-order chi connectivity index (χ0) is 13.8.